The molecule has 2 N–H and O–H groups in total. The highest BCUT2D eigenvalue weighted by molar-refractivity contribution is 7.84. The van der Waals surface area contributed by atoms with Crippen LogP contribution in [0, 0.1) is 0 Å². The predicted octanol–water partition coefficient (Wildman–Crippen LogP) is 2.64. The van der Waals surface area contributed by atoms with Gasteiger partial charge in [0.15, 0.2) is 5.69 Å². The van der Waals surface area contributed by atoms with E-state index in [9.17, 15) is 4.21 Å². The lowest BCUT2D eigenvalue weighted by Crippen LogP contribution is -1.97. The summed E-state index contributed by atoms with van der Waals surface area (Å²) in [6, 6.07) is 11.0. The van der Waals surface area contributed by atoms with Gasteiger partial charge in [0.25, 0.3) is 0 Å². The maximum Gasteiger partial charge on any atom is 0.155 e. The highest BCUT2D eigenvalue weighted by Gasteiger charge is 2.08. The summed E-state index contributed by atoms with van der Waals surface area (Å²) in [5.41, 5.74) is 8.30. The molecule has 0 aliphatic carbocycles. The van der Waals surface area contributed by atoms with Crippen molar-refractivity contribution in [3.8, 4) is 17.1 Å². The summed E-state index contributed by atoms with van der Waals surface area (Å²) in [6.45, 7) is 0.407. The first-order valence-electron chi connectivity index (χ1n) is 6.85. The third-order valence-corrected chi connectivity index (χ3v) is 4.17. The second kappa shape index (κ2) is 6.62. The number of benzene rings is 1. The number of nitrogens with two attached hydrogens (primary N) is 1. The van der Waals surface area contributed by atoms with Gasteiger partial charge in [-0.1, -0.05) is 17.3 Å². The molecule has 0 saturated carbocycles. The number of aromatic nitrogens is 2. The number of pyridine rings is 1. The lowest BCUT2D eigenvalue weighted by atomic mass is 10.2. The van der Waals surface area contributed by atoms with E-state index in [4.69, 9.17) is 15.0 Å². The minimum atomic E-state index is -0.971. The molecule has 0 saturated heterocycles. The quantitative estimate of drug-likeness (QED) is 0.774. The van der Waals surface area contributed by atoms with Crippen molar-refractivity contribution >= 4 is 16.5 Å². The lowest BCUT2D eigenvalue weighted by Gasteiger charge is -2.07. The van der Waals surface area contributed by atoms with Crippen LogP contribution < -0.4 is 10.5 Å². The van der Waals surface area contributed by atoms with Crippen LogP contribution in [0.2, 0.25) is 0 Å². The molecule has 1 aromatic carbocycles. The molecule has 2 aromatic heterocycles. The molecule has 3 rings (SSSR count). The molecule has 0 spiro atoms. The third-order valence-electron chi connectivity index (χ3n) is 3.24. The Balaban J connectivity index is 1.64. The number of nitrogen functional groups attached to an aromatic ring is 1. The van der Waals surface area contributed by atoms with Crippen molar-refractivity contribution in [2.75, 3.05) is 12.0 Å². The molecule has 0 fully saturated rings. The lowest BCUT2D eigenvalue weighted by molar-refractivity contribution is 0.305. The van der Waals surface area contributed by atoms with E-state index in [0.717, 1.165) is 10.5 Å². The zero-order valence-electron chi connectivity index (χ0n) is 12.4. The van der Waals surface area contributed by atoms with Crippen LogP contribution in [0.5, 0.6) is 5.75 Å². The highest BCUT2D eigenvalue weighted by Crippen LogP contribution is 2.23. The fourth-order valence-corrected chi connectivity index (χ4v) is 2.51. The van der Waals surface area contributed by atoms with Crippen LogP contribution >= 0.6 is 0 Å². The molecule has 118 valence electrons. The summed E-state index contributed by atoms with van der Waals surface area (Å²) >= 11 is 0. The second-order valence-electron chi connectivity index (χ2n) is 4.88. The van der Waals surface area contributed by atoms with Crippen LogP contribution in [0.25, 0.3) is 11.4 Å². The van der Waals surface area contributed by atoms with Gasteiger partial charge in [0.2, 0.25) is 0 Å². The standard InChI is InChI=1S/C16H15N3O3S/c1-23(20)13-5-2-11(3-6-13)9-21-12-4-7-15(18-8-12)16-14(17)10-22-19-16/h2-8,10H,9,17H2,1H3. The molecule has 1 unspecified atom stereocenters. The van der Waals surface area contributed by atoms with E-state index in [1.807, 2.05) is 24.3 Å². The van der Waals surface area contributed by atoms with E-state index < -0.39 is 10.8 Å². The van der Waals surface area contributed by atoms with Gasteiger partial charge in [-0.3, -0.25) is 9.19 Å². The van der Waals surface area contributed by atoms with Gasteiger partial charge in [0, 0.05) is 22.0 Å². The first kappa shape index (κ1) is 15.2. The van der Waals surface area contributed by atoms with Crippen molar-refractivity contribution in [2.45, 2.75) is 11.5 Å². The van der Waals surface area contributed by atoms with Gasteiger partial charge in [0.05, 0.1) is 11.9 Å². The van der Waals surface area contributed by atoms with Gasteiger partial charge in [-0.25, -0.2) is 0 Å². The second-order valence-corrected chi connectivity index (χ2v) is 6.26. The minimum Gasteiger partial charge on any atom is -0.487 e. The number of nitrogens with zero attached hydrogens (tertiary/aromatic N) is 2. The van der Waals surface area contributed by atoms with Gasteiger partial charge < -0.3 is 15.0 Å². The molecule has 3 aromatic rings. The van der Waals surface area contributed by atoms with E-state index in [1.54, 1.807) is 24.6 Å². The summed E-state index contributed by atoms with van der Waals surface area (Å²) in [5, 5.41) is 3.80. The molecule has 6 nitrogen and oxygen atoms in total. The SMILES string of the molecule is CS(=O)c1ccc(COc2ccc(-c3nocc3N)nc2)cc1. The fourth-order valence-electron chi connectivity index (χ4n) is 1.99. The average molecular weight is 329 g/mol. The normalized spacial score (nSPS) is 12.0. The summed E-state index contributed by atoms with van der Waals surface area (Å²) < 4.78 is 21.8. The average Bonchev–Trinajstić information content (AvgIpc) is 3.00. The summed E-state index contributed by atoms with van der Waals surface area (Å²) in [4.78, 5) is 5.06. The van der Waals surface area contributed by atoms with E-state index in [-0.39, 0.29) is 0 Å². The van der Waals surface area contributed by atoms with Gasteiger partial charge in [-0.05, 0) is 29.8 Å². The van der Waals surface area contributed by atoms with Crippen molar-refractivity contribution in [1.29, 1.82) is 0 Å². The number of hydrogen-bond donors (Lipinski definition) is 1. The van der Waals surface area contributed by atoms with E-state index in [2.05, 4.69) is 10.1 Å². The van der Waals surface area contributed by atoms with Gasteiger partial charge in [-0.2, -0.15) is 0 Å². The Bertz CT molecular complexity index is 813. The van der Waals surface area contributed by atoms with Crippen molar-refractivity contribution < 1.29 is 13.5 Å². The molecule has 0 bridgehead atoms. The molecule has 0 aliphatic heterocycles. The molecule has 0 aliphatic rings. The Morgan fingerprint density at radius 3 is 2.57 bits per heavy atom. The Hall–Kier alpha value is -2.67. The first-order valence-corrected chi connectivity index (χ1v) is 8.41. The summed E-state index contributed by atoms with van der Waals surface area (Å²) in [5.74, 6) is 0.638. The molecule has 1 atom stereocenters. The topological polar surface area (TPSA) is 91.2 Å². The van der Waals surface area contributed by atoms with Crippen LogP contribution in [-0.4, -0.2) is 20.6 Å². The molecular formula is C16H15N3O3S. The maximum absolute atomic E-state index is 11.3. The zero-order chi connectivity index (χ0) is 16.2. The number of ether oxygens (including phenoxy) is 1. The van der Waals surface area contributed by atoms with Crippen LogP contribution in [-0.2, 0) is 17.4 Å². The summed E-state index contributed by atoms with van der Waals surface area (Å²) in [7, 11) is -0.971. The Labute approximate surface area is 135 Å². The first-order chi connectivity index (χ1) is 11.1. The van der Waals surface area contributed by atoms with Gasteiger partial charge >= 0.3 is 0 Å². The van der Waals surface area contributed by atoms with Crippen molar-refractivity contribution in [1.82, 2.24) is 10.1 Å². The Morgan fingerprint density at radius 1 is 1.22 bits per heavy atom. The highest BCUT2D eigenvalue weighted by atomic mass is 32.2. The largest absolute Gasteiger partial charge is 0.487 e. The Kier molecular flexibility index (Phi) is 4.38. The minimum absolute atomic E-state index is 0.407. The van der Waals surface area contributed by atoms with E-state index in [1.165, 1.54) is 6.26 Å². The van der Waals surface area contributed by atoms with Crippen LogP contribution in [0.15, 0.2) is 58.3 Å². The monoisotopic (exact) mass is 329 g/mol. The van der Waals surface area contributed by atoms with Crippen molar-refractivity contribution in [3.05, 3.63) is 54.4 Å². The fraction of sp³-hybridized carbons (Fsp3) is 0.125. The van der Waals surface area contributed by atoms with Crippen LogP contribution in [0.1, 0.15) is 5.56 Å². The third kappa shape index (κ3) is 3.57. The predicted molar refractivity (Wildman–Crippen MR) is 87.3 cm³/mol. The van der Waals surface area contributed by atoms with Crippen molar-refractivity contribution in [3.63, 3.8) is 0 Å². The molecule has 23 heavy (non-hydrogen) atoms. The van der Waals surface area contributed by atoms with Gasteiger partial charge in [-0.15, -0.1) is 0 Å². The maximum atomic E-state index is 11.3. The molecule has 2 heterocycles. The van der Waals surface area contributed by atoms with Crippen LogP contribution in [0.4, 0.5) is 5.69 Å². The molecule has 7 heteroatoms. The number of rotatable bonds is 5. The summed E-state index contributed by atoms with van der Waals surface area (Å²) in [6.07, 6.45) is 4.63. The van der Waals surface area contributed by atoms with Gasteiger partial charge in [0.1, 0.15) is 24.3 Å². The van der Waals surface area contributed by atoms with E-state index in [0.29, 0.717) is 29.4 Å². The number of hydrogen-bond acceptors (Lipinski definition) is 6. The molecule has 0 amide bonds. The van der Waals surface area contributed by atoms with Crippen molar-refractivity contribution in [2.24, 2.45) is 0 Å². The van der Waals surface area contributed by atoms with Crippen LogP contribution in [0.3, 0.4) is 0 Å². The number of anilines is 1. The smallest absolute Gasteiger partial charge is 0.155 e. The molecule has 0 radical (unpaired) electrons. The van der Waals surface area contributed by atoms with E-state index >= 15 is 0 Å². The molecular weight excluding hydrogens is 314 g/mol. The Morgan fingerprint density at radius 2 is 2.00 bits per heavy atom. The zero-order valence-corrected chi connectivity index (χ0v) is 13.2.